The third kappa shape index (κ3) is 4.18. The Bertz CT molecular complexity index is 107. The van der Waals surface area contributed by atoms with E-state index in [9.17, 15) is 0 Å². The zero-order valence-electron chi connectivity index (χ0n) is 7.23. The minimum absolute atomic E-state index is 0.442. The van der Waals surface area contributed by atoms with Gasteiger partial charge in [0.1, 0.15) is 0 Å². The highest BCUT2D eigenvalue weighted by Crippen LogP contribution is 1.75. The average molecular weight is 143 g/mol. The van der Waals surface area contributed by atoms with Crippen LogP contribution in [0.15, 0.2) is 4.99 Å². The molecule has 0 aromatic heterocycles. The summed E-state index contributed by atoms with van der Waals surface area (Å²) in [5.74, 6) is 0.873. The van der Waals surface area contributed by atoms with Gasteiger partial charge < -0.3 is 10.6 Å². The van der Waals surface area contributed by atoms with E-state index in [0.29, 0.717) is 6.04 Å². The fourth-order valence-corrected chi connectivity index (χ4v) is 0.636. The van der Waals surface area contributed by atoms with Gasteiger partial charge in [-0.05, 0) is 20.8 Å². The first-order chi connectivity index (χ1) is 4.70. The Morgan fingerprint density at radius 3 is 2.40 bits per heavy atom. The fraction of sp³-hybridized carbons (Fsp3) is 0.857. The Labute approximate surface area is 62.9 Å². The second-order valence-electron chi connectivity index (χ2n) is 2.40. The molecule has 0 saturated heterocycles. The molecule has 0 aliphatic carbocycles. The summed E-state index contributed by atoms with van der Waals surface area (Å²) >= 11 is 0. The van der Waals surface area contributed by atoms with Crippen molar-refractivity contribution >= 4 is 5.96 Å². The van der Waals surface area contributed by atoms with Crippen LogP contribution in [0.5, 0.6) is 0 Å². The zero-order chi connectivity index (χ0) is 7.98. The van der Waals surface area contributed by atoms with E-state index >= 15 is 0 Å². The van der Waals surface area contributed by atoms with Gasteiger partial charge in [0, 0.05) is 19.6 Å². The molecule has 0 bridgehead atoms. The molecule has 0 heterocycles. The van der Waals surface area contributed by atoms with Crippen LogP contribution in [0.2, 0.25) is 0 Å². The molecule has 0 aliphatic rings. The van der Waals surface area contributed by atoms with Gasteiger partial charge >= 0.3 is 0 Å². The molecule has 0 aliphatic heterocycles. The smallest absolute Gasteiger partial charge is 0.191 e. The number of aliphatic imine (C=N–C) groups is 1. The van der Waals surface area contributed by atoms with Crippen LogP contribution in [0.3, 0.4) is 0 Å². The molecule has 0 unspecified atom stereocenters. The quantitative estimate of drug-likeness (QED) is 0.438. The molecule has 10 heavy (non-hydrogen) atoms. The zero-order valence-corrected chi connectivity index (χ0v) is 7.23. The third-order valence-corrected chi connectivity index (χ3v) is 0.993. The molecule has 0 atom stereocenters. The topological polar surface area (TPSA) is 36.4 Å². The maximum Gasteiger partial charge on any atom is 0.191 e. The van der Waals surface area contributed by atoms with E-state index in [1.165, 1.54) is 0 Å². The van der Waals surface area contributed by atoms with Crippen molar-refractivity contribution in [3.05, 3.63) is 0 Å². The Balaban J connectivity index is 3.62. The lowest BCUT2D eigenvalue weighted by molar-refractivity contribution is 0.705. The molecule has 2 N–H and O–H groups in total. The number of nitrogens with zero attached hydrogens (tertiary/aromatic N) is 1. The van der Waals surface area contributed by atoms with E-state index in [4.69, 9.17) is 0 Å². The van der Waals surface area contributed by atoms with Gasteiger partial charge in [-0.25, -0.2) is 0 Å². The normalized spacial score (nSPS) is 11.9. The minimum atomic E-state index is 0.442. The van der Waals surface area contributed by atoms with E-state index in [0.717, 1.165) is 12.5 Å². The highest BCUT2D eigenvalue weighted by atomic mass is 15.2. The van der Waals surface area contributed by atoms with Gasteiger partial charge in [0.25, 0.3) is 0 Å². The van der Waals surface area contributed by atoms with Gasteiger partial charge in [0.15, 0.2) is 5.96 Å². The van der Waals surface area contributed by atoms with Gasteiger partial charge in [0.2, 0.25) is 0 Å². The Morgan fingerprint density at radius 1 is 1.50 bits per heavy atom. The van der Waals surface area contributed by atoms with E-state index in [1.54, 1.807) is 7.05 Å². The molecule has 0 radical (unpaired) electrons. The van der Waals surface area contributed by atoms with Gasteiger partial charge in [0.05, 0.1) is 0 Å². The average Bonchev–Trinajstić information content (AvgIpc) is 1.86. The molecule has 3 nitrogen and oxygen atoms in total. The molecular weight excluding hydrogens is 126 g/mol. The molecule has 0 amide bonds. The summed E-state index contributed by atoms with van der Waals surface area (Å²) in [5.41, 5.74) is 0. The first-order valence-corrected chi connectivity index (χ1v) is 3.67. The van der Waals surface area contributed by atoms with Crippen molar-refractivity contribution in [2.24, 2.45) is 4.99 Å². The van der Waals surface area contributed by atoms with Crippen LogP contribution in [-0.2, 0) is 0 Å². The fourth-order valence-electron chi connectivity index (χ4n) is 0.636. The molecule has 3 heteroatoms. The van der Waals surface area contributed by atoms with E-state index in [1.807, 2.05) is 6.92 Å². The monoisotopic (exact) mass is 143 g/mol. The Kier molecular flexibility index (Phi) is 4.72. The van der Waals surface area contributed by atoms with Crippen molar-refractivity contribution in [1.29, 1.82) is 0 Å². The predicted molar refractivity (Wildman–Crippen MR) is 45.3 cm³/mol. The second kappa shape index (κ2) is 5.09. The third-order valence-electron chi connectivity index (χ3n) is 0.993. The number of hydrogen-bond donors (Lipinski definition) is 2. The first kappa shape index (κ1) is 9.27. The standard InChI is InChI=1S/C7H17N3/c1-5-9-7(8-4)10-6(2)3/h6H,5H2,1-4H3,(H2,8,9,10). The van der Waals surface area contributed by atoms with Gasteiger partial charge in [-0.3, -0.25) is 4.99 Å². The van der Waals surface area contributed by atoms with Crippen LogP contribution in [0.4, 0.5) is 0 Å². The van der Waals surface area contributed by atoms with Gasteiger partial charge in [-0.2, -0.15) is 0 Å². The number of hydrogen-bond acceptors (Lipinski definition) is 1. The lowest BCUT2D eigenvalue weighted by Crippen LogP contribution is -2.40. The summed E-state index contributed by atoms with van der Waals surface area (Å²) in [6.07, 6.45) is 0. The number of guanidine groups is 1. The molecule has 0 fully saturated rings. The van der Waals surface area contributed by atoms with Crippen LogP contribution < -0.4 is 10.6 Å². The summed E-state index contributed by atoms with van der Waals surface area (Å²) in [5, 5.41) is 6.27. The molecule has 60 valence electrons. The SMILES string of the molecule is CCNC(=NC)NC(C)C. The molecule has 0 rings (SSSR count). The largest absolute Gasteiger partial charge is 0.357 e. The number of nitrogens with one attached hydrogen (secondary N) is 2. The predicted octanol–water partition coefficient (Wildman–Crippen LogP) is 0.580. The molecule has 0 aromatic carbocycles. The first-order valence-electron chi connectivity index (χ1n) is 3.67. The molecule has 0 spiro atoms. The van der Waals surface area contributed by atoms with E-state index < -0.39 is 0 Å². The maximum atomic E-state index is 4.01. The van der Waals surface area contributed by atoms with Crippen molar-refractivity contribution in [3.63, 3.8) is 0 Å². The lowest BCUT2D eigenvalue weighted by Gasteiger charge is -2.12. The van der Waals surface area contributed by atoms with Crippen LogP contribution >= 0.6 is 0 Å². The minimum Gasteiger partial charge on any atom is -0.357 e. The van der Waals surface area contributed by atoms with Crippen molar-refractivity contribution in [3.8, 4) is 0 Å². The highest BCUT2D eigenvalue weighted by molar-refractivity contribution is 5.79. The lowest BCUT2D eigenvalue weighted by atomic mass is 10.4. The Morgan fingerprint density at radius 2 is 2.10 bits per heavy atom. The van der Waals surface area contributed by atoms with Crippen molar-refractivity contribution in [2.45, 2.75) is 26.8 Å². The summed E-state index contributed by atoms with van der Waals surface area (Å²) in [6, 6.07) is 0.442. The van der Waals surface area contributed by atoms with Gasteiger partial charge in [-0.1, -0.05) is 0 Å². The summed E-state index contributed by atoms with van der Waals surface area (Å²) in [7, 11) is 1.77. The second-order valence-corrected chi connectivity index (χ2v) is 2.40. The van der Waals surface area contributed by atoms with Gasteiger partial charge in [-0.15, -0.1) is 0 Å². The van der Waals surface area contributed by atoms with E-state index in [-0.39, 0.29) is 0 Å². The highest BCUT2D eigenvalue weighted by Gasteiger charge is 1.95. The maximum absolute atomic E-state index is 4.01. The molecular formula is C7H17N3. The van der Waals surface area contributed by atoms with Crippen molar-refractivity contribution < 1.29 is 0 Å². The number of rotatable bonds is 2. The van der Waals surface area contributed by atoms with Crippen molar-refractivity contribution in [1.82, 2.24) is 10.6 Å². The summed E-state index contributed by atoms with van der Waals surface area (Å²) in [4.78, 5) is 4.01. The van der Waals surface area contributed by atoms with Crippen LogP contribution in [0, 0.1) is 0 Å². The summed E-state index contributed by atoms with van der Waals surface area (Å²) < 4.78 is 0. The van der Waals surface area contributed by atoms with E-state index in [2.05, 4.69) is 29.5 Å². The van der Waals surface area contributed by atoms with Crippen molar-refractivity contribution in [2.75, 3.05) is 13.6 Å². The van der Waals surface area contributed by atoms with Crippen LogP contribution in [0.25, 0.3) is 0 Å². The molecule has 0 saturated carbocycles. The van der Waals surface area contributed by atoms with Crippen LogP contribution in [-0.4, -0.2) is 25.6 Å². The van der Waals surface area contributed by atoms with Crippen LogP contribution in [0.1, 0.15) is 20.8 Å². The summed E-state index contributed by atoms with van der Waals surface area (Å²) in [6.45, 7) is 7.13. The Hall–Kier alpha value is -0.730. The molecule has 0 aromatic rings.